The number of hydrogen-bond donors (Lipinski definition) is 2. The van der Waals surface area contributed by atoms with E-state index >= 15 is 0 Å². The largest absolute Gasteiger partial charge is 0.409 e. The van der Waals surface area contributed by atoms with Crippen molar-refractivity contribution in [3.63, 3.8) is 0 Å². The van der Waals surface area contributed by atoms with Crippen LogP contribution in [0.2, 0.25) is 0 Å². The zero-order valence-electron chi connectivity index (χ0n) is 6.49. The number of ether oxygens (including phenoxy) is 1. The topological polar surface area (TPSA) is 67.8 Å². The average molecular weight is 158 g/mol. The molecule has 0 bridgehead atoms. The second-order valence-corrected chi connectivity index (χ2v) is 2.88. The van der Waals surface area contributed by atoms with Crippen LogP contribution in [0, 0.1) is 5.92 Å². The van der Waals surface area contributed by atoms with E-state index in [0.717, 1.165) is 18.9 Å². The van der Waals surface area contributed by atoms with E-state index in [1.165, 1.54) is 12.8 Å². The molecule has 11 heavy (non-hydrogen) atoms. The summed E-state index contributed by atoms with van der Waals surface area (Å²) in [4.78, 5) is 0. The lowest BCUT2D eigenvalue weighted by atomic mass is 10.3. The van der Waals surface area contributed by atoms with Crippen LogP contribution in [0.25, 0.3) is 0 Å². The van der Waals surface area contributed by atoms with Crippen LogP contribution in [-0.2, 0) is 4.74 Å². The molecule has 0 aromatic carbocycles. The molecule has 0 aliphatic heterocycles. The Morgan fingerprint density at radius 3 is 2.91 bits per heavy atom. The summed E-state index contributed by atoms with van der Waals surface area (Å²) in [5.74, 6) is 1.02. The van der Waals surface area contributed by atoms with Crippen LogP contribution in [0.5, 0.6) is 0 Å². The molecule has 0 aromatic heterocycles. The van der Waals surface area contributed by atoms with Crippen molar-refractivity contribution in [2.45, 2.75) is 19.3 Å². The van der Waals surface area contributed by atoms with Gasteiger partial charge >= 0.3 is 0 Å². The van der Waals surface area contributed by atoms with Crippen LogP contribution in [0.15, 0.2) is 5.16 Å². The summed E-state index contributed by atoms with van der Waals surface area (Å²) < 4.78 is 5.12. The van der Waals surface area contributed by atoms with Gasteiger partial charge in [-0.1, -0.05) is 18.0 Å². The molecule has 0 atom stereocenters. The molecular formula is C7H14N2O2. The molecule has 4 heteroatoms. The van der Waals surface area contributed by atoms with E-state index in [4.69, 9.17) is 15.7 Å². The van der Waals surface area contributed by atoms with Crippen molar-refractivity contribution in [3.05, 3.63) is 0 Å². The quantitative estimate of drug-likeness (QED) is 0.202. The highest BCUT2D eigenvalue weighted by Gasteiger charge is 2.20. The fourth-order valence-electron chi connectivity index (χ4n) is 0.862. The van der Waals surface area contributed by atoms with Gasteiger partial charge in [0.15, 0.2) is 5.84 Å². The maximum atomic E-state index is 8.14. The molecule has 1 aliphatic carbocycles. The summed E-state index contributed by atoms with van der Waals surface area (Å²) >= 11 is 0. The third kappa shape index (κ3) is 3.83. The first-order valence-electron chi connectivity index (χ1n) is 3.87. The molecule has 0 aromatic rings. The summed E-state index contributed by atoms with van der Waals surface area (Å²) in [5, 5.41) is 10.9. The van der Waals surface area contributed by atoms with Crippen molar-refractivity contribution >= 4 is 5.84 Å². The fourth-order valence-corrected chi connectivity index (χ4v) is 0.862. The molecule has 4 nitrogen and oxygen atoms in total. The van der Waals surface area contributed by atoms with Crippen LogP contribution in [0.3, 0.4) is 0 Å². The molecule has 1 rings (SSSR count). The van der Waals surface area contributed by atoms with E-state index in [1.807, 2.05) is 0 Å². The van der Waals surface area contributed by atoms with Gasteiger partial charge in [-0.2, -0.15) is 0 Å². The van der Waals surface area contributed by atoms with Gasteiger partial charge in [-0.25, -0.2) is 0 Å². The van der Waals surface area contributed by atoms with E-state index in [-0.39, 0.29) is 12.4 Å². The number of hydrogen-bond acceptors (Lipinski definition) is 3. The smallest absolute Gasteiger partial charge is 0.165 e. The number of amidine groups is 1. The first kappa shape index (κ1) is 8.33. The predicted molar refractivity (Wildman–Crippen MR) is 41.6 cm³/mol. The van der Waals surface area contributed by atoms with E-state index in [1.54, 1.807) is 0 Å². The minimum atomic E-state index is 0.140. The number of nitrogens with two attached hydrogens (primary N) is 1. The van der Waals surface area contributed by atoms with Gasteiger partial charge in [-0.3, -0.25) is 0 Å². The van der Waals surface area contributed by atoms with Gasteiger partial charge in [0, 0.05) is 6.61 Å². The van der Waals surface area contributed by atoms with Gasteiger partial charge < -0.3 is 15.7 Å². The minimum Gasteiger partial charge on any atom is -0.409 e. The Balaban J connectivity index is 1.86. The van der Waals surface area contributed by atoms with Crippen LogP contribution in [-0.4, -0.2) is 24.3 Å². The van der Waals surface area contributed by atoms with Crippen molar-refractivity contribution < 1.29 is 9.94 Å². The van der Waals surface area contributed by atoms with Gasteiger partial charge in [0.2, 0.25) is 0 Å². The summed E-state index contributed by atoms with van der Waals surface area (Å²) in [6.45, 7) is 0.962. The summed E-state index contributed by atoms with van der Waals surface area (Å²) in [6.07, 6.45) is 3.79. The maximum absolute atomic E-state index is 8.14. The Morgan fingerprint density at radius 1 is 1.64 bits per heavy atom. The molecule has 1 fully saturated rings. The first-order chi connectivity index (χ1) is 5.33. The Labute approximate surface area is 66.0 Å². The summed E-state index contributed by atoms with van der Waals surface area (Å²) in [6, 6.07) is 0. The molecule has 0 radical (unpaired) electrons. The van der Waals surface area contributed by atoms with Crippen molar-refractivity contribution in [3.8, 4) is 0 Å². The molecular weight excluding hydrogens is 144 g/mol. The minimum absolute atomic E-state index is 0.140. The van der Waals surface area contributed by atoms with Crippen molar-refractivity contribution in [1.82, 2.24) is 0 Å². The van der Waals surface area contributed by atoms with Gasteiger partial charge in [0.05, 0.1) is 0 Å². The molecule has 0 heterocycles. The maximum Gasteiger partial charge on any atom is 0.165 e. The second-order valence-electron chi connectivity index (χ2n) is 2.88. The normalized spacial score (nSPS) is 18.7. The van der Waals surface area contributed by atoms with E-state index in [0.29, 0.717) is 0 Å². The number of oxime groups is 1. The van der Waals surface area contributed by atoms with Crippen LogP contribution >= 0.6 is 0 Å². The average Bonchev–Trinajstić information content (AvgIpc) is 2.81. The van der Waals surface area contributed by atoms with Gasteiger partial charge in [0.25, 0.3) is 0 Å². The Hall–Kier alpha value is -0.770. The SMILES string of the molecule is NC(COCCC1CC1)=NO. The van der Waals surface area contributed by atoms with Crippen LogP contribution < -0.4 is 5.73 Å². The number of rotatable bonds is 5. The van der Waals surface area contributed by atoms with E-state index < -0.39 is 0 Å². The lowest BCUT2D eigenvalue weighted by Crippen LogP contribution is -2.19. The van der Waals surface area contributed by atoms with E-state index in [9.17, 15) is 0 Å². The van der Waals surface area contributed by atoms with Crippen LogP contribution in [0.1, 0.15) is 19.3 Å². The lowest BCUT2D eigenvalue weighted by Gasteiger charge is -2.00. The fraction of sp³-hybridized carbons (Fsp3) is 0.857. The van der Waals surface area contributed by atoms with Gasteiger partial charge in [-0.15, -0.1) is 0 Å². The third-order valence-electron chi connectivity index (χ3n) is 1.75. The van der Waals surface area contributed by atoms with Crippen molar-refractivity contribution in [2.75, 3.05) is 13.2 Å². The predicted octanol–water partition coefficient (Wildman–Crippen LogP) is 0.549. The Kier molecular flexibility index (Phi) is 3.16. The highest BCUT2D eigenvalue weighted by Crippen LogP contribution is 2.31. The zero-order valence-corrected chi connectivity index (χ0v) is 6.49. The highest BCUT2D eigenvalue weighted by atomic mass is 16.5. The van der Waals surface area contributed by atoms with Gasteiger partial charge in [-0.05, 0) is 12.3 Å². The summed E-state index contributed by atoms with van der Waals surface area (Å²) in [5.41, 5.74) is 5.18. The standard InChI is InChI=1S/C7H14N2O2/c8-7(9-10)5-11-4-3-6-1-2-6/h6,10H,1-5H2,(H2,8,9). The zero-order chi connectivity index (χ0) is 8.10. The molecule has 1 aliphatic rings. The third-order valence-corrected chi connectivity index (χ3v) is 1.75. The Morgan fingerprint density at radius 2 is 2.36 bits per heavy atom. The van der Waals surface area contributed by atoms with Gasteiger partial charge in [0.1, 0.15) is 6.61 Å². The van der Waals surface area contributed by atoms with Crippen LogP contribution in [0.4, 0.5) is 0 Å². The number of nitrogens with zero attached hydrogens (tertiary/aromatic N) is 1. The lowest BCUT2D eigenvalue weighted by molar-refractivity contribution is 0.160. The monoisotopic (exact) mass is 158 g/mol. The van der Waals surface area contributed by atoms with Crippen molar-refractivity contribution in [1.29, 1.82) is 0 Å². The Bertz CT molecular complexity index is 143. The molecule has 64 valence electrons. The molecule has 1 saturated carbocycles. The first-order valence-corrected chi connectivity index (χ1v) is 3.87. The van der Waals surface area contributed by atoms with E-state index in [2.05, 4.69) is 5.16 Å². The second kappa shape index (κ2) is 4.18. The van der Waals surface area contributed by atoms with Crippen molar-refractivity contribution in [2.24, 2.45) is 16.8 Å². The molecule has 0 saturated heterocycles. The molecule has 3 N–H and O–H groups in total. The summed E-state index contributed by atoms with van der Waals surface area (Å²) in [7, 11) is 0. The molecule has 0 spiro atoms. The molecule has 0 unspecified atom stereocenters. The molecule has 0 amide bonds. The highest BCUT2D eigenvalue weighted by molar-refractivity contribution is 5.80.